The molecular formula is C23H24N6O. The van der Waals surface area contributed by atoms with Gasteiger partial charge in [0, 0.05) is 38.4 Å². The quantitative estimate of drug-likeness (QED) is 0.439. The van der Waals surface area contributed by atoms with Gasteiger partial charge in [0.2, 0.25) is 0 Å². The van der Waals surface area contributed by atoms with Gasteiger partial charge in [-0.3, -0.25) is 4.40 Å². The fourth-order valence-electron chi connectivity index (χ4n) is 3.09. The van der Waals surface area contributed by atoms with Gasteiger partial charge in [-0.25, -0.2) is 15.4 Å². The molecule has 0 unspecified atom stereocenters. The fourth-order valence-corrected chi connectivity index (χ4v) is 3.09. The van der Waals surface area contributed by atoms with Gasteiger partial charge in [-0.05, 0) is 48.9 Å². The van der Waals surface area contributed by atoms with E-state index in [0.29, 0.717) is 5.82 Å². The Bertz CT molecular complexity index is 1150. The summed E-state index contributed by atoms with van der Waals surface area (Å²) in [7, 11) is 3.83. The van der Waals surface area contributed by atoms with Gasteiger partial charge in [-0.2, -0.15) is 0 Å². The average molecular weight is 400 g/mol. The van der Waals surface area contributed by atoms with E-state index in [1.54, 1.807) is 6.20 Å². The molecule has 7 nitrogen and oxygen atoms in total. The van der Waals surface area contributed by atoms with Crippen molar-refractivity contribution in [3.05, 3.63) is 85.1 Å². The van der Waals surface area contributed by atoms with Crippen molar-refractivity contribution in [2.24, 2.45) is 0 Å². The van der Waals surface area contributed by atoms with E-state index in [1.165, 1.54) is 0 Å². The first kappa shape index (κ1) is 19.5. The number of benzene rings is 2. The summed E-state index contributed by atoms with van der Waals surface area (Å²) in [5, 5.41) is 5.25. The number of ether oxygens (including phenoxy) is 1. The largest absolute Gasteiger partial charge is 0.457 e. The Morgan fingerprint density at radius 2 is 1.77 bits per heavy atom. The smallest absolute Gasteiger partial charge is 0.180 e. The summed E-state index contributed by atoms with van der Waals surface area (Å²) in [5.41, 5.74) is 6.81. The van der Waals surface area contributed by atoms with E-state index in [0.717, 1.165) is 34.1 Å². The lowest BCUT2D eigenvalue weighted by molar-refractivity contribution is 0.366. The Morgan fingerprint density at radius 1 is 1.03 bits per heavy atom. The molecule has 7 heteroatoms. The van der Waals surface area contributed by atoms with Crippen molar-refractivity contribution in [1.29, 1.82) is 0 Å². The van der Waals surface area contributed by atoms with Crippen LogP contribution in [0.5, 0.6) is 11.5 Å². The van der Waals surface area contributed by atoms with Gasteiger partial charge in [-0.15, -0.1) is 0 Å². The minimum Gasteiger partial charge on any atom is -0.457 e. The topological polar surface area (TPSA) is 66.7 Å². The minimum absolute atomic E-state index is 0.690. The second-order valence-electron chi connectivity index (χ2n) is 6.82. The lowest BCUT2D eigenvalue weighted by Gasteiger charge is -2.13. The van der Waals surface area contributed by atoms with Crippen molar-refractivity contribution in [2.45, 2.75) is 6.92 Å². The highest BCUT2D eigenvalue weighted by Gasteiger charge is 2.11. The van der Waals surface area contributed by atoms with Crippen molar-refractivity contribution in [3.63, 3.8) is 0 Å². The van der Waals surface area contributed by atoms with E-state index < -0.39 is 0 Å². The number of nitrogens with one attached hydrogen (secondary N) is 2. The van der Waals surface area contributed by atoms with Gasteiger partial charge in [0.25, 0.3) is 0 Å². The van der Waals surface area contributed by atoms with Gasteiger partial charge in [-0.1, -0.05) is 18.2 Å². The average Bonchev–Trinajstić information content (AvgIpc) is 3.21. The highest BCUT2D eigenvalue weighted by atomic mass is 16.5. The normalized spacial score (nSPS) is 11.5. The number of allylic oxidation sites excluding steroid dienone is 1. The van der Waals surface area contributed by atoms with Crippen LogP contribution in [0.1, 0.15) is 12.6 Å². The third-order valence-corrected chi connectivity index (χ3v) is 4.67. The molecule has 2 aromatic carbocycles. The molecule has 0 fully saturated rings. The van der Waals surface area contributed by atoms with Crippen LogP contribution in [0.2, 0.25) is 0 Å². The van der Waals surface area contributed by atoms with Crippen LogP contribution in [0.4, 0.5) is 11.5 Å². The molecule has 0 aliphatic carbocycles. The summed E-state index contributed by atoms with van der Waals surface area (Å²) in [6.45, 7) is 2.05. The Labute approximate surface area is 175 Å². The summed E-state index contributed by atoms with van der Waals surface area (Å²) in [4.78, 5) is 9.05. The predicted octanol–water partition coefficient (Wildman–Crippen LogP) is 4.69. The van der Waals surface area contributed by atoms with E-state index in [4.69, 9.17) is 4.74 Å². The van der Waals surface area contributed by atoms with Crippen LogP contribution in [0.15, 0.2) is 79.4 Å². The maximum atomic E-state index is 5.85. The standard InChI is InChI=1S/C23H24N6O/c1-17(16-28(3)24-2)21-15-26-23-22(25-13-14-29(21)23)27-18-9-11-20(12-10-18)30-19-7-5-4-6-8-19/h4-16,24H,1-3H3,(H,25,27)/b17-16+. The van der Waals surface area contributed by atoms with E-state index in [-0.39, 0.29) is 0 Å². The molecular weight excluding hydrogens is 376 g/mol. The summed E-state index contributed by atoms with van der Waals surface area (Å²) < 4.78 is 7.87. The Kier molecular flexibility index (Phi) is 5.63. The fraction of sp³-hybridized carbons (Fsp3) is 0.130. The molecule has 0 spiro atoms. The van der Waals surface area contributed by atoms with Crippen molar-refractivity contribution < 1.29 is 4.74 Å². The summed E-state index contributed by atoms with van der Waals surface area (Å²) in [6, 6.07) is 17.5. The van der Waals surface area contributed by atoms with Crippen LogP contribution in [0, 0.1) is 0 Å². The van der Waals surface area contributed by atoms with Crippen molar-refractivity contribution >= 4 is 22.7 Å². The summed E-state index contributed by atoms with van der Waals surface area (Å²) >= 11 is 0. The molecule has 0 saturated heterocycles. The zero-order chi connectivity index (χ0) is 20.9. The molecule has 0 saturated carbocycles. The second kappa shape index (κ2) is 8.67. The van der Waals surface area contributed by atoms with Crippen LogP contribution in [0.25, 0.3) is 11.2 Å². The maximum absolute atomic E-state index is 5.85. The number of fused-ring (bicyclic) bond motifs is 1. The van der Waals surface area contributed by atoms with Crippen LogP contribution in [-0.4, -0.2) is 33.5 Å². The maximum Gasteiger partial charge on any atom is 0.180 e. The number of para-hydroxylation sites is 1. The number of hydrogen-bond donors (Lipinski definition) is 2. The monoisotopic (exact) mass is 400 g/mol. The molecule has 2 heterocycles. The first-order valence-corrected chi connectivity index (χ1v) is 9.65. The molecule has 30 heavy (non-hydrogen) atoms. The van der Waals surface area contributed by atoms with Gasteiger partial charge in [0.15, 0.2) is 11.5 Å². The van der Waals surface area contributed by atoms with Crippen LogP contribution >= 0.6 is 0 Å². The van der Waals surface area contributed by atoms with Gasteiger partial charge < -0.3 is 15.1 Å². The molecule has 4 rings (SSSR count). The number of anilines is 2. The molecule has 152 valence electrons. The zero-order valence-corrected chi connectivity index (χ0v) is 17.2. The first-order valence-electron chi connectivity index (χ1n) is 9.65. The lowest BCUT2D eigenvalue weighted by atomic mass is 10.2. The molecule has 2 aromatic heterocycles. The van der Waals surface area contributed by atoms with Crippen LogP contribution in [0.3, 0.4) is 0 Å². The Hall–Kier alpha value is -3.84. The molecule has 4 aromatic rings. The van der Waals surface area contributed by atoms with Gasteiger partial charge in [0.05, 0.1) is 11.9 Å². The molecule has 0 aliphatic heterocycles. The number of nitrogens with zero attached hydrogens (tertiary/aromatic N) is 4. The number of imidazole rings is 1. The molecule has 2 N–H and O–H groups in total. The highest BCUT2D eigenvalue weighted by Crippen LogP contribution is 2.26. The second-order valence-corrected chi connectivity index (χ2v) is 6.82. The Balaban J connectivity index is 1.55. The minimum atomic E-state index is 0.690. The number of aromatic nitrogens is 3. The van der Waals surface area contributed by atoms with Crippen LogP contribution in [-0.2, 0) is 0 Å². The van der Waals surface area contributed by atoms with E-state index in [1.807, 2.05) is 96.7 Å². The Morgan fingerprint density at radius 3 is 2.50 bits per heavy atom. The third kappa shape index (κ3) is 4.26. The number of rotatable bonds is 7. The number of hydrogen-bond acceptors (Lipinski definition) is 6. The SMILES string of the molecule is CNN(C)/C=C(\C)c1cnc2c(Nc3ccc(Oc4ccccc4)cc3)nccn12. The summed E-state index contributed by atoms with van der Waals surface area (Å²) in [6.07, 6.45) is 7.55. The van der Waals surface area contributed by atoms with E-state index >= 15 is 0 Å². The van der Waals surface area contributed by atoms with Crippen molar-refractivity contribution in [1.82, 2.24) is 24.8 Å². The lowest BCUT2D eigenvalue weighted by Crippen LogP contribution is -2.25. The first-order chi connectivity index (χ1) is 14.6. The number of hydrazine groups is 1. The van der Waals surface area contributed by atoms with Gasteiger partial charge in [0.1, 0.15) is 11.5 Å². The molecule has 0 amide bonds. The van der Waals surface area contributed by atoms with E-state index in [2.05, 4.69) is 27.6 Å². The van der Waals surface area contributed by atoms with Crippen molar-refractivity contribution in [3.8, 4) is 11.5 Å². The molecule has 0 atom stereocenters. The summed E-state index contributed by atoms with van der Waals surface area (Å²) in [5.74, 6) is 2.27. The zero-order valence-electron chi connectivity index (χ0n) is 17.2. The van der Waals surface area contributed by atoms with Crippen LogP contribution < -0.4 is 15.5 Å². The molecule has 0 radical (unpaired) electrons. The predicted molar refractivity (Wildman–Crippen MR) is 120 cm³/mol. The molecule has 0 bridgehead atoms. The highest BCUT2D eigenvalue weighted by molar-refractivity contribution is 5.73. The van der Waals surface area contributed by atoms with Crippen molar-refractivity contribution in [2.75, 3.05) is 19.4 Å². The van der Waals surface area contributed by atoms with Gasteiger partial charge >= 0.3 is 0 Å². The van der Waals surface area contributed by atoms with E-state index in [9.17, 15) is 0 Å². The third-order valence-electron chi connectivity index (χ3n) is 4.67. The molecule has 0 aliphatic rings.